The largest absolute Gasteiger partial charge is 0.304 e. The molecule has 0 heterocycles. The van der Waals surface area contributed by atoms with Gasteiger partial charge in [-0.2, -0.15) is 0 Å². The summed E-state index contributed by atoms with van der Waals surface area (Å²) >= 11 is 0. The zero-order chi connectivity index (χ0) is 6.24. The molecule has 0 aliphatic rings. The molecule has 0 saturated carbocycles. The Bertz CT molecular complexity index is 35.4. The van der Waals surface area contributed by atoms with Crippen LogP contribution in [0.2, 0.25) is 0 Å². The highest BCUT2D eigenvalue weighted by atomic mass is 19.1. The molecule has 0 aliphatic carbocycles. The van der Waals surface area contributed by atoms with Crippen molar-refractivity contribution in [1.82, 2.24) is 10.6 Å². The molecule has 50 valence electrons. The standard InChI is InChI=1S/C5H13FN2/c1-2-3-7-5-8-4-6/h7-8H,2-5H2,1H3. The van der Waals surface area contributed by atoms with E-state index in [2.05, 4.69) is 17.6 Å². The lowest BCUT2D eigenvalue weighted by Gasteiger charge is -1.99. The highest BCUT2D eigenvalue weighted by Crippen LogP contribution is 1.66. The maximum absolute atomic E-state index is 11.3. The first-order valence-electron chi connectivity index (χ1n) is 2.89. The van der Waals surface area contributed by atoms with Crippen molar-refractivity contribution in [2.45, 2.75) is 13.3 Å². The average Bonchev–Trinajstić information content (AvgIpc) is 1.81. The monoisotopic (exact) mass is 120 g/mol. The molecular weight excluding hydrogens is 107 g/mol. The zero-order valence-corrected chi connectivity index (χ0v) is 5.21. The highest BCUT2D eigenvalue weighted by Gasteiger charge is 1.79. The van der Waals surface area contributed by atoms with Crippen LogP contribution in [-0.2, 0) is 0 Å². The van der Waals surface area contributed by atoms with E-state index in [1.54, 1.807) is 0 Å². The molecule has 0 fully saturated rings. The summed E-state index contributed by atoms with van der Waals surface area (Å²) in [5, 5.41) is 5.49. The van der Waals surface area contributed by atoms with Gasteiger partial charge in [-0.05, 0) is 13.0 Å². The first-order chi connectivity index (χ1) is 3.91. The minimum absolute atomic E-state index is 0.448. The first kappa shape index (κ1) is 7.85. The van der Waals surface area contributed by atoms with Gasteiger partial charge >= 0.3 is 0 Å². The third-order valence-electron chi connectivity index (χ3n) is 0.771. The van der Waals surface area contributed by atoms with E-state index >= 15 is 0 Å². The number of alkyl halides is 1. The summed E-state index contributed by atoms with van der Waals surface area (Å²) in [5.74, 6) is 0. The van der Waals surface area contributed by atoms with Gasteiger partial charge in [-0.15, -0.1) is 0 Å². The minimum atomic E-state index is -0.448. The van der Waals surface area contributed by atoms with E-state index in [1.165, 1.54) is 0 Å². The van der Waals surface area contributed by atoms with E-state index in [9.17, 15) is 4.39 Å². The molecule has 0 unspecified atom stereocenters. The fourth-order valence-corrected chi connectivity index (χ4v) is 0.401. The van der Waals surface area contributed by atoms with Crippen LogP contribution >= 0.6 is 0 Å². The van der Waals surface area contributed by atoms with E-state index in [-0.39, 0.29) is 0 Å². The normalized spacial score (nSPS) is 9.75. The van der Waals surface area contributed by atoms with Gasteiger partial charge in [0.1, 0.15) is 6.80 Å². The third-order valence-corrected chi connectivity index (χ3v) is 0.771. The van der Waals surface area contributed by atoms with E-state index in [1.807, 2.05) is 0 Å². The van der Waals surface area contributed by atoms with Crippen LogP contribution in [-0.4, -0.2) is 20.0 Å². The van der Waals surface area contributed by atoms with Gasteiger partial charge in [0.15, 0.2) is 0 Å². The molecule has 0 aliphatic heterocycles. The lowest BCUT2D eigenvalue weighted by atomic mass is 10.5. The van der Waals surface area contributed by atoms with Gasteiger partial charge in [0.25, 0.3) is 0 Å². The maximum Gasteiger partial charge on any atom is 0.141 e. The Labute approximate surface area is 49.5 Å². The van der Waals surface area contributed by atoms with Crippen molar-refractivity contribution in [2.75, 3.05) is 20.0 Å². The smallest absolute Gasteiger partial charge is 0.141 e. The molecule has 0 rings (SSSR count). The molecule has 3 heteroatoms. The molecule has 0 aromatic rings. The second-order valence-corrected chi connectivity index (χ2v) is 1.56. The van der Waals surface area contributed by atoms with Gasteiger partial charge in [-0.1, -0.05) is 6.92 Å². The average molecular weight is 120 g/mol. The predicted octanol–water partition coefficient (Wildman–Crippen LogP) is 0.460. The molecule has 0 spiro atoms. The SMILES string of the molecule is CCCNCNCF. The van der Waals surface area contributed by atoms with Crippen molar-refractivity contribution < 1.29 is 4.39 Å². The summed E-state index contributed by atoms with van der Waals surface area (Å²) in [6, 6.07) is 0. The molecule has 0 bridgehead atoms. The Balaban J connectivity index is 2.53. The molecule has 2 nitrogen and oxygen atoms in total. The predicted molar refractivity (Wildman–Crippen MR) is 32.3 cm³/mol. The quantitative estimate of drug-likeness (QED) is 0.313. The van der Waals surface area contributed by atoms with Gasteiger partial charge in [0.05, 0.1) is 0 Å². The Morgan fingerprint density at radius 3 is 2.62 bits per heavy atom. The molecule has 0 saturated heterocycles. The van der Waals surface area contributed by atoms with Crippen molar-refractivity contribution >= 4 is 0 Å². The van der Waals surface area contributed by atoms with Crippen LogP contribution in [0.5, 0.6) is 0 Å². The number of rotatable bonds is 5. The van der Waals surface area contributed by atoms with Crippen molar-refractivity contribution in [1.29, 1.82) is 0 Å². The van der Waals surface area contributed by atoms with Gasteiger partial charge in [0.2, 0.25) is 0 Å². The number of hydrogen-bond acceptors (Lipinski definition) is 2. The topological polar surface area (TPSA) is 24.1 Å². The van der Waals surface area contributed by atoms with E-state index in [4.69, 9.17) is 0 Å². The Kier molecular flexibility index (Phi) is 6.72. The van der Waals surface area contributed by atoms with Crippen LogP contribution < -0.4 is 10.6 Å². The minimum Gasteiger partial charge on any atom is -0.304 e. The number of halogens is 1. The van der Waals surface area contributed by atoms with Gasteiger partial charge in [-0.3, -0.25) is 5.32 Å². The van der Waals surface area contributed by atoms with Gasteiger partial charge < -0.3 is 5.32 Å². The van der Waals surface area contributed by atoms with Crippen molar-refractivity contribution in [3.63, 3.8) is 0 Å². The highest BCUT2D eigenvalue weighted by molar-refractivity contribution is 4.38. The Hall–Kier alpha value is -0.150. The van der Waals surface area contributed by atoms with Crippen molar-refractivity contribution in [3.05, 3.63) is 0 Å². The summed E-state index contributed by atoms with van der Waals surface area (Å²) in [6.45, 7) is 3.15. The molecule has 0 amide bonds. The molecular formula is C5H13FN2. The lowest BCUT2D eigenvalue weighted by Crippen LogP contribution is -2.28. The van der Waals surface area contributed by atoms with Crippen LogP contribution in [0.25, 0.3) is 0 Å². The molecule has 2 N–H and O–H groups in total. The van der Waals surface area contributed by atoms with E-state index < -0.39 is 6.80 Å². The molecule has 0 aromatic heterocycles. The maximum atomic E-state index is 11.3. The van der Waals surface area contributed by atoms with Gasteiger partial charge in [0, 0.05) is 6.67 Å². The summed E-state index contributed by atoms with van der Waals surface area (Å²) in [7, 11) is 0. The van der Waals surface area contributed by atoms with Gasteiger partial charge in [-0.25, -0.2) is 4.39 Å². The molecule has 0 aromatic carbocycles. The lowest BCUT2D eigenvalue weighted by molar-refractivity contribution is 0.410. The third kappa shape index (κ3) is 5.85. The Morgan fingerprint density at radius 2 is 2.12 bits per heavy atom. The zero-order valence-electron chi connectivity index (χ0n) is 5.21. The second-order valence-electron chi connectivity index (χ2n) is 1.56. The fraction of sp³-hybridized carbons (Fsp3) is 1.00. The summed E-state index contributed by atoms with van der Waals surface area (Å²) in [5.41, 5.74) is 0. The van der Waals surface area contributed by atoms with Crippen molar-refractivity contribution in [3.8, 4) is 0 Å². The van der Waals surface area contributed by atoms with Crippen LogP contribution in [0.15, 0.2) is 0 Å². The van der Waals surface area contributed by atoms with Crippen molar-refractivity contribution in [2.24, 2.45) is 0 Å². The molecule has 0 atom stereocenters. The first-order valence-corrected chi connectivity index (χ1v) is 2.89. The molecule has 0 radical (unpaired) electrons. The fourth-order valence-electron chi connectivity index (χ4n) is 0.401. The van der Waals surface area contributed by atoms with E-state index in [0.29, 0.717) is 6.67 Å². The number of hydrogen-bond donors (Lipinski definition) is 2. The van der Waals surface area contributed by atoms with Crippen LogP contribution in [0.3, 0.4) is 0 Å². The van der Waals surface area contributed by atoms with Crippen LogP contribution in [0.4, 0.5) is 4.39 Å². The van der Waals surface area contributed by atoms with E-state index in [0.717, 1.165) is 13.0 Å². The van der Waals surface area contributed by atoms with Crippen LogP contribution in [0.1, 0.15) is 13.3 Å². The Morgan fingerprint density at radius 1 is 1.38 bits per heavy atom. The molecule has 8 heavy (non-hydrogen) atoms. The second kappa shape index (κ2) is 6.85. The summed E-state index contributed by atoms with van der Waals surface area (Å²) < 4.78 is 11.3. The summed E-state index contributed by atoms with van der Waals surface area (Å²) in [6.07, 6.45) is 1.09. The van der Waals surface area contributed by atoms with Crippen LogP contribution in [0, 0.1) is 0 Å². The number of nitrogens with one attached hydrogen (secondary N) is 2. The summed E-state index contributed by atoms with van der Waals surface area (Å²) in [4.78, 5) is 0.